The Morgan fingerprint density at radius 3 is 2.94 bits per heavy atom. The number of hydrogen-bond acceptors (Lipinski definition) is 5. The Kier molecular flexibility index (Phi) is 5.81. The first-order chi connectivity index (χ1) is 8.15. The molecule has 1 aromatic rings. The summed E-state index contributed by atoms with van der Waals surface area (Å²) < 4.78 is 4.65. The minimum Gasteiger partial charge on any atom is -0.465 e. The number of thioether (sulfide) groups is 1. The molecule has 0 aromatic carbocycles. The van der Waals surface area contributed by atoms with Crippen LogP contribution in [-0.4, -0.2) is 23.9 Å². The maximum Gasteiger partial charge on any atom is 0.349 e. The highest BCUT2D eigenvalue weighted by Crippen LogP contribution is 2.16. The van der Waals surface area contributed by atoms with Gasteiger partial charge in [0.15, 0.2) is 5.12 Å². The van der Waals surface area contributed by atoms with Gasteiger partial charge in [0.05, 0.1) is 7.11 Å². The van der Waals surface area contributed by atoms with Gasteiger partial charge in [-0.05, 0) is 11.4 Å². The smallest absolute Gasteiger partial charge is 0.349 e. The Balaban J connectivity index is 2.57. The zero-order valence-electron chi connectivity index (χ0n) is 9.61. The van der Waals surface area contributed by atoms with E-state index in [1.807, 2.05) is 0 Å². The molecule has 17 heavy (non-hydrogen) atoms. The number of methoxy groups -OCH3 is 1. The SMILES string of the molecule is COC(=O)c1sccc1C#CCCSC(C)=O. The summed E-state index contributed by atoms with van der Waals surface area (Å²) in [4.78, 5) is 22.5. The standard InChI is InChI=1S/C12H12O3S2/c1-9(13)16-7-4-3-5-10-6-8-17-11(10)12(14)15-2/h6,8H,4,7H2,1-2H3. The van der Waals surface area contributed by atoms with E-state index in [4.69, 9.17) is 0 Å². The third kappa shape index (κ3) is 4.63. The Hall–Kier alpha value is -1.25. The lowest BCUT2D eigenvalue weighted by atomic mass is 10.2. The highest BCUT2D eigenvalue weighted by molar-refractivity contribution is 8.13. The van der Waals surface area contributed by atoms with E-state index in [-0.39, 0.29) is 11.1 Å². The summed E-state index contributed by atoms with van der Waals surface area (Å²) in [6, 6.07) is 1.79. The van der Waals surface area contributed by atoms with E-state index >= 15 is 0 Å². The summed E-state index contributed by atoms with van der Waals surface area (Å²) in [6.07, 6.45) is 0.626. The predicted octanol–water partition coefficient (Wildman–Crippen LogP) is 2.56. The molecule has 0 aliphatic rings. The molecule has 0 fully saturated rings. The summed E-state index contributed by atoms with van der Waals surface area (Å²) in [7, 11) is 1.35. The van der Waals surface area contributed by atoms with Crippen LogP contribution in [0.3, 0.4) is 0 Å². The second kappa shape index (κ2) is 7.15. The second-order valence-electron chi connectivity index (χ2n) is 3.05. The molecule has 1 heterocycles. The number of carbonyl (C=O) groups is 2. The molecular weight excluding hydrogens is 256 g/mol. The van der Waals surface area contributed by atoms with Gasteiger partial charge in [-0.1, -0.05) is 23.6 Å². The van der Waals surface area contributed by atoms with E-state index in [1.165, 1.54) is 37.1 Å². The minimum atomic E-state index is -0.359. The molecule has 0 saturated carbocycles. The van der Waals surface area contributed by atoms with Crippen molar-refractivity contribution in [1.29, 1.82) is 0 Å². The molecule has 0 aliphatic carbocycles. The third-order valence-corrected chi connectivity index (χ3v) is 3.50. The van der Waals surface area contributed by atoms with Gasteiger partial charge in [-0.3, -0.25) is 4.79 Å². The van der Waals surface area contributed by atoms with E-state index < -0.39 is 0 Å². The second-order valence-corrected chi connectivity index (χ2v) is 5.23. The summed E-state index contributed by atoms with van der Waals surface area (Å²) >= 11 is 2.57. The molecule has 0 saturated heterocycles. The van der Waals surface area contributed by atoms with Crippen molar-refractivity contribution in [2.24, 2.45) is 0 Å². The maximum atomic E-state index is 11.3. The summed E-state index contributed by atoms with van der Waals surface area (Å²) in [5.74, 6) is 6.18. The van der Waals surface area contributed by atoms with Crippen molar-refractivity contribution >= 4 is 34.2 Å². The Bertz CT molecular complexity index is 466. The van der Waals surface area contributed by atoms with E-state index in [0.717, 1.165) is 0 Å². The van der Waals surface area contributed by atoms with Crippen LogP contribution in [-0.2, 0) is 9.53 Å². The maximum absolute atomic E-state index is 11.3. The lowest BCUT2D eigenvalue weighted by molar-refractivity contribution is -0.109. The highest BCUT2D eigenvalue weighted by atomic mass is 32.2. The molecular formula is C12H12O3S2. The highest BCUT2D eigenvalue weighted by Gasteiger charge is 2.11. The van der Waals surface area contributed by atoms with Crippen molar-refractivity contribution in [3.8, 4) is 11.8 Å². The van der Waals surface area contributed by atoms with Gasteiger partial charge in [-0.15, -0.1) is 11.3 Å². The van der Waals surface area contributed by atoms with Gasteiger partial charge in [0.2, 0.25) is 0 Å². The molecule has 0 radical (unpaired) electrons. The van der Waals surface area contributed by atoms with E-state index in [0.29, 0.717) is 22.6 Å². The van der Waals surface area contributed by atoms with E-state index in [9.17, 15) is 9.59 Å². The van der Waals surface area contributed by atoms with Crippen LogP contribution in [0.15, 0.2) is 11.4 Å². The van der Waals surface area contributed by atoms with Crippen molar-refractivity contribution in [2.45, 2.75) is 13.3 Å². The van der Waals surface area contributed by atoms with E-state index in [2.05, 4.69) is 16.6 Å². The molecule has 1 aromatic heterocycles. The Morgan fingerprint density at radius 1 is 1.53 bits per heavy atom. The first-order valence-electron chi connectivity index (χ1n) is 4.93. The zero-order valence-corrected chi connectivity index (χ0v) is 11.2. The fourth-order valence-corrected chi connectivity index (χ4v) is 2.32. The van der Waals surface area contributed by atoms with Crippen molar-refractivity contribution in [3.63, 3.8) is 0 Å². The van der Waals surface area contributed by atoms with Gasteiger partial charge >= 0.3 is 5.97 Å². The van der Waals surface area contributed by atoms with Crippen LogP contribution in [0.1, 0.15) is 28.6 Å². The van der Waals surface area contributed by atoms with Crippen LogP contribution < -0.4 is 0 Å². The molecule has 3 nitrogen and oxygen atoms in total. The normalized spacial score (nSPS) is 9.29. The molecule has 0 atom stereocenters. The number of thiophene rings is 1. The summed E-state index contributed by atoms with van der Waals surface area (Å²) in [5.41, 5.74) is 0.690. The summed E-state index contributed by atoms with van der Waals surface area (Å²) in [5, 5.41) is 1.90. The Morgan fingerprint density at radius 2 is 2.29 bits per heavy atom. The van der Waals surface area contributed by atoms with Crippen molar-refractivity contribution in [2.75, 3.05) is 12.9 Å². The fraction of sp³-hybridized carbons (Fsp3) is 0.333. The fourth-order valence-electron chi connectivity index (χ4n) is 1.06. The van der Waals surface area contributed by atoms with E-state index in [1.54, 1.807) is 11.4 Å². The summed E-state index contributed by atoms with van der Waals surface area (Å²) in [6.45, 7) is 1.53. The number of rotatable bonds is 3. The van der Waals surface area contributed by atoms with Crippen LogP contribution in [0.25, 0.3) is 0 Å². The van der Waals surface area contributed by atoms with Crippen LogP contribution in [0.4, 0.5) is 0 Å². The van der Waals surface area contributed by atoms with Crippen LogP contribution in [0.2, 0.25) is 0 Å². The number of hydrogen-bond donors (Lipinski definition) is 0. The topological polar surface area (TPSA) is 43.4 Å². The van der Waals surface area contributed by atoms with Gasteiger partial charge in [0.25, 0.3) is 0 Å². The number of carbonyl (C=O) groups excluding carboxylic acids is 2. The zero-order chi connectivity index (χ0) is 12.7. The largest absolute Gasteiger partial charge is 0.465 e. The minimum absolute atomic E-state index is 0.0950. The first kappa shape index (κ1) is 13.8. The predicted molar refractivity (Wildman–Crippen MR) is 70.3 cm³/mol. The number of esters is 1. The van der Waals surface area contributed by atoms with Crippen molar-refractivity contribution in [3.05, 3.63) is 21.9 Å². The monoisotopic (exact) mass is 268 g/mol. The molecule has 0 aliphatic heterocycles. The molecule has 0 bridgehead atoms. The van der Waals surface area contributed by atoms with Gasteiger partial charge in [0, 0.05) is 24.7 Å². The molecule has 0 amide bonds. The molecule has 1 rings (SSSR count). The van der Waals surface area contributed by atoms with Gasteiger partial charge in [-0.2, -0.15) is 0 Å². The first-order valence-corrected chi connectivity index (χ1v) is 6.79. The van der Waals surface area contributed by atoms with Crippen LogP contribution in [0, 0.1) is 11.8 Å². The molecule has 0 unspecified atom stereocenters. The molecule has 0 spiro atoms. The van der Waals surface area contributed by atoms with Crippen molar-refractivity contribution in [1.82, 2.24) is 0 Å². The average Bonchev–Trinajstić information content (AvgIpc) is 2.75. The van der Waals surface area contributed by atoms with Gasteiger partial charge < -0.3 is 4.74 Å². The van der Waals surface area contributed by atoms with Crippen molar-refractivity contribution < 1.29 is 14.3 Å². The molecule has 5 heteroatoms. The lowest BCUT2D eigenvalue weighted by Crippen LogP contribution is -1.99. The third-order valence-electron chi connectivity index (χ3n) is 1.79. The Labute approximate surface area is 109 Å². The van der Waals surface area contributed by atoms with Gasteiger partial charge in [-0.25, -0.2) is 4.79 Å². The van der Waals surface area contributed by atoms with Crippen LogP contribution in [0.5, 0.6) is 0 Å². The molecule has 90 valence electrons. The lowest BCUT2D eigenvalue weighted by Gasteiger charge is -1.94. The average molecular weight is 268 g/mol. The number of ether oxygens (including phenoxy) is 1. The van der Waals surface area contributed by atoms with Crippen LogP contribution >= 0.6 is 23.1 Å². The quantitative estimate of drug-likeness (QED) is 0.480. The van der Waals surface area contributed by atoms with Gasteiger partial charge in [0.1, 0.15) is 4.88 Å². The molecule has 0 N–H and O–H groups in total.